The van der Waals surface area contributed by atoms with Crippen LogP contribution in [-0.2, 0) is 6.42 Å². The fourth-order valence-corrected chi connectivity index (χ4v) is 3.75. The molecule has 1 aromatic heterocycles. The maximum Gasteiger partial charge on any atom is 0.277 e. The van der Waals surface area contributed by atoms with E-state index in [4.69, 9.17) is 0 Å². The Kier molecular flexibility index (Phi) is 7.83. The molecule has 0 bridgehead atoms. The lowest BCUT2D eigenvalue weighted by Gasteiger charge is -2.16. The van der Waals surface area contributed by atoms with E-state index in [1.807, 2.05) is 60.0 Å². The number of halogens is 1. The van der Waals surface area contributed by atoms with Crippen molar-refractivity contribution in [3.05, 3.63) is 89.3 Å². The number of aromatic hydroxyl groups is 1. The number of nitrogens with zero attached hydrogens (tertiary/aromatic N) is 2. The molecule has 164 valence electrons. The SMILES string of the molecule is Cl.O=C(c1cc(O)c2ccccc2c1)N(O)CCc1ccc(N/C=N/c2cccs2)cc1. The van der Waals surface area contributed by atoms with Gasteiger partial charge in [-0.2, -0.15) is 0 Å². The second-order valence-electron chi connectivity index (χ2n) is 6.95. The minimum Gasteiger partial charge on any atom is -0.507 e. The van der Waals surface area contributed by atoms with Crippen LogP contribution in [0.1, 0.15) is 15.9 Å². The Bertz CT molecular complexity index is 1210. The second-order valence-corrected chi connectivity index (χ2v) is 7.87. The molecule has 1 heterocycles. The first kappa shape index (κ1) is 23.3. The van der Waals surface area contributed by atoms with Crippen molar-refractivity contribution in [1.29, 1.82) is 0 Å². The van der Waals surface area contributed by atoms with Crippen molar-refractivity contribution in [2.75, 3.05) is 11.9 Å². The first-order valence-electron chi connectivity index (χ1n) is 9.74. The molecule has 0 fully saturated rings. The molecular weight excluding hydrogens is 446 g/mol. The largest absolute Gasteiger partial charge is 0.507 e. The third kappa shape index (κ3) is 5.64. The van der Waals surface area contributed by atoms with Crippen LogP contribution in [0.5, 0.6) is 5.75 Å². The monoisotopic (exact) mass is 467 g/mol. The molecule has 0 atom stereocenters. The maximum absolute atomic E-state index is 12.6. The van der Waals surface area contributed by atoms with Crippen molar-refractivity contribution < 1.29 is 15.1 Å². The van der Waals surface area contributed by atoms with E-state index in [2.05, 4.69) is 10.3 Å². The summed E-state index contributed by atoms with van der Waals surface area (Å²) in [5.41, 5.74) is 2.12. The van der Waals surface area contributed by atoms with Crippen LogP contribution in [0.4, 0.5) is 10.7 Å². The lowest BCUT2D eigenvalue weighted by atomic mass is 10.1. The summed E-state index contributed by atoms with van der Waals surface area (Å²) in [5, 5.41) is 28.5. The number of thiophene rings is 1. The van der Waals surface area contributed by atoms with Gasteiger partial charge < -0.3 is 10.4 Å². The number of phenolic OH excluding ortho intramolecular Hbond substituents is 1. The van der Waals surface area contributed by atoms with Gasteiger partial charge in [0.15, 0.2) is 0 Å². The fourth-order valence-electron chi connectivity index (χ4n) is 3.18. The smallest absolute Gasteiger partial charge is 0.277 e. The highest BCUT2D eigenvalue weighted by Gasteiger charge is 2.16. The van der Waals surface area contributed by atoms with Gasteiger partial charge in [0.25, 0.3) is 5.91 Å². The molecule has 8 heteroatoms. The summed E-state index contributed by atoms with van der Waals surface area (Å²) in [4.78, 5) is 16.9. The number of nitrogens with one attached hydrogen (secondary N) is 1. The van der Waals surface area contributed by atoms with E-state index in [-0.39, 0.29) is 30.3 Å². The van der Waals surface area contributed by atoms with Gasteiger partial charge in [-0.25, -0.2) is 10.1 Å². The zero-order valence-electron chi connectivity index (χ0n) is 17.0. The van der Waals surface area contributed by atoms with E-state index in [1.54, 1.807) is 29.8 Å². The third-order valence-electron chi connectivity index (χ3n) is 4.82. The Hall–Kier alpha value is -3.39. The number of anilines is 1. The van der Waals surface area contributed by atoms with Gasteiger partial charge in [0, 0.05) is 16.6 Å². The molecule has 0 saturated carbocycles. The molecule has 0 aliphatic carbocycles. The molecule has 0 unspecified atom stereocenters. The van der Waals surface area contributed by atoms with E-state index < -0.39 is 5.91 Å². The minimum atomic E-state index is -0.552. The average Bonchev–Trinajstić information content (AvgIpc) is 3.31. The highest BCUT2D eigenvalue weighted by Crippen LogP contribution is 2.27. The number of carbonyl (C=O) groups excluding carboxylic acids is 1. The predicted octanol–water partition coefficient (Wildman–Crippen LogP) is 5.87. The number of rotatable bonds is 7. The normalized spacial score (nSPS) is 10.8. The summed E-state index contributed by atoms with van der Waals surface area (Å²) >= 11 is 1.56. The average molecular weight is 468 g/mol. The number of carbonyl (C=O) groups is 1. The van der Waals surface area contributed by atoms with E-state index in [1.165, 1.54) is 6.07 Å². The van der Waals surface area contributed by atoms with Crippen LogP contribution in [0.3, 0.4) is 0 Å². The quantitative estimate of drug-likeness (QED) is 0.137. The van der Waals surface area contributed by atoms with Gasteiger partial charge in [-0.15, -0.1) is 23.7 Å². The fraction of sp³-hybridized carbons (Fsp3) is 0.0833. The molecule has 6 nitrogen and oxygen atoms in total. The molecule has 0 spiro atoms. The molecule has 0 aliphatic heterocycles. The summed E-state index contributed by atoms with van der Waals surface area (Å²) < 4.78 is 0. The van der Waals surface area contributed by atoms with Crippen LogP contribution < -0.4 is 5.32 Å². The van der Waals surface area contributed by atoms with E-state index >= 15 is 0 Å². The van der Waals surface area contributed by atoms with E-state index in [0.29, 0.717) is 16.9 Å². The van der Waals surface area contributed by atoms with Crippen LogP contribution in [0, 0.1) is 0 Å². The summed E-state index contributed by atoms with van der Waals surface area (Å²) in [6.45, 7) is 0.138. The summed E-state index contributed by atoms with van der Waals surface area (Å²) in [6, 6.07) is 21.9. The van der Waals surface area contributed by atoms with Gasteiger partial charge >= 0.3 is 0 Å². The standard InChI is InChI=1S/C24H21N3O3S.ClH/c28-22-15-19(14-18-4-1-2-5-21(18)22)24(29)27(30)12-11-17-7-9-20(10-8-17)25-16-26-23-6-3-13-31-23;/h1-10,13-16,28,30H,11-12H2,(H,25,26);1H. The van der Waals surface area contributed by atoms with Crippen molar-refractivity contribution in [1.82, 2.24) is 5.06 Å². The molecule has 0 radical (unpaired) electrons. The summed E-state index contributed by atoms with van der Waals surface area (Å²) in [5.74, 6) is -0.537. The van der Waals surface area contributed by atoms with Crippen molar-refractivity contribution >= 4 is 57.5 Å². The maximum atomic E-state index is 12.6. The molecule has 1 amide bonds. The number of amides is 1. The Morgan fingerprint density at radius 3 is 2.59 bits per heavy atom. The lowest BCUT2D eigenvalue weighted by molar-refractivity contribution is -0.0571. The third-order valence-corrected chi connectivity index (χ3v) is 5.59. The number of hydrogen-bond acceptors (Lipinski definition) is 5. The molecule has 4 rings (SSSR count). The molecule has 0 aliphatic rings. The van der Waals surface area contributed by atoms with Crippen molar-refractivity contribution in [2.24, 2.45) is 4.99 Å². The van der Waals surface area contributed by atoms with Crippen molar-refractivity contribution in [3.8, 4) is 5.75 Å². The van der Waals surface area contributed by atoms with Gasteiger partial charge in [0.2, 0.25) is 0 Å². The van der Waals surface area contributed by atoms with Crippen LogP contribution >= 0.6 is 23.7 Å². The highest BCUT2D eigenvalue weighted by atomic mass is 35.5. The Balaban J connectivity index is 0.00000289. The van der Waals surface area contributed by atoms with Crippen molar-refractivity contribution in [2.45, 2.75) is 6.42 Å². The van der Waals surface area contributed by atoms with Gasteiger partial charge in [-0.3, -0.25) is 10.0 Å². The van der Waals surface area contributed by atoms with Crippen LogP contribution in [-0.4, -0.2) is 34.2 Å². The van der Waals surface area contributed by atoms with Crippen LogP contribution in [0.25, 0.3) is 10.8 Å². The molecular formula is C24H22ClN3O3S. The van der Waals surface area contributed by atoms with Crippen LogP contribution in [0.2, 0.25) is 0 Å². The van der Waals surface area contributed by atoms with Crippen LogP contribution in [0.15, 0.2) is 83.2 Å². The van der Waals surface area contributed by atoms with Crippen molar-refractivity contribution in [3.63, 3.8) is 0 Å². The van der Waals surface area contributed by atoms with E-state index in [9.17, 15) is 15.1 Å². The zero-order valence-corrected chi connectivity index (χ0v) is 18.6. The Labute approximate surface area is 195 Å². The second kappa shape index (κ2) is 10.8. The van der Waals surface area contributed by atoms with Gasteiger partial charge in [-0.05, 0) is 59.1 Å². The minimum absolute atomic E-state index is 0. The molecule has 3 aromatic carbocycles. The predicted molar refractivity (Wildman–Crippen MR) is 132 cm³/mol. The molecule has 32 heavy (non-hydrogen) atoms. The summed E-state index contributed by atoms with van der Waals surface area (Å²) in [7, 11) is 0. The zero-order chi connectivity index (χ0) is 21.6. The highest BCUT2D eigenvalue weighted by molar-refractivity contribution is 7.13. The molecule has 0 saturated heterocycles. The Morgan fingerprint density at radius 2 is 1.84 bits per heavy atom. The first-order valence-corrected chi connectivity index (χ1v) is 10.6. The summed E-state index contributed by atoms with van der Waals surface area (Å²) in [6.07, 6.45) is 2.14. The molecule has 4 aromatic rings. The Morgan fingerprint density at radius 1 is 1.06 bits per heavy atom. The number of benzene rings is 3. The number of fused-ring (bicyclic) bond motifs is 1. The lowest BCUT2D eigenvalue weighted by Crippen LogP contribution is -2.29. The number of hydroxylamine groups is 2. The van der Waals surface area contributed by atoms with Gasteiger partial charge in [0.1, 0.15) is 10.8 Å². The number of phenols is 1. The van der Waals surface area contributed by atoms with E-state index in [0.717, 1.165) is 21.6 Å². The first-order chi connectivity index (χ1) is 15.1. The van der Waals surface area contributed by atoms with Gasteiger partial charge in [0.05, 0.1) is 12.9 Å². The molecule has 3 N–H and O–H groups in total. The topological polar surface area (TPSA) is 85.2 Å². The number of hydrogen-bond donors (Lipinski definition) is 3. The number of aliphatic imine (C=N–C) groups is 1. The van der Waals surface area contributed by atoms with Gasteiger partial charge in [-0.1, -0.05) is 36.4 Å².